The van der Waals surface area contributed by atoms with Crippen molar-refractivity contribution in [3.05, 3.63) is 33.0 Å². The van der Waals surface area contributed by atoms with E-state index in [4.69, 9.17) is 5.84 Å². The van der Waals surface area contributed by atoms with E-state index in [9.17, 15) is 0 Å². The maximum absolute atomic E-state index is 5.80. The SMILES string of the molecule is Cc1cc(C(NN)/C2=C/CCCCCC2)sc1C. The van der Waals surface area contributed by atoms with Crippen molar-refractivity contribution in [1.29, 1.82) is 0 Å². The Bertz CT molecular complexity index is 401. The van der Waals surface area contributed by atoms with Crippen molar-refractivity contribution < 1.29 is 0 Å². The molecule has 100 valence electrons. The third-order valence-electron chi connectivity index (χ3n) is 3.83. The molecule has 0 aliphatic heterocycles. The summed E-state index contributed by atoms with van der Waals surface area (Å²) in [6.45, 7) is 4.36. The van der Waals surface area contributed by atoms with Gasteiger partial charge in [-0.1, -0.05) is 24.5 Å². The van der Waals surface area contributed by atoms with Gasteiger partial charge < -0.3 is 0 Å². The molecule has 1 aliphatic carbocycles. The van der Waals surface area contributed by atoms with Gasteiger partial charge in [-0.05, 0) is 51.2 Å². The van der Waals surface area contributed by atoms with Gasteiger partial charge in [0, 0.05) is 9.75 Å². The molecule has 2 rings (SSSR count). The number of hydrazine groups is 1. The predicted molar refractivity (Wildman–Crippen MR) is 79.6 cm³/mol. The lowest BCUT2D eigenvalue weighted by Gasteiger charge is -2.20. The smallest absolute Gasteiger partial charge is 0.0762 e. The fraction of sp³-hybridized carbons (Fsp3) is 0.600. The molecular weight excluding hydrogens is 240 g/mol. The minimum Gasteiger partial charge on any atom is -0.271 e. The monoisotopic (exact) mass is 264 g/mol. The molecule has 0 saturated heterocycles. The van der Waals surface area contributed by atoms with Gasteiger partial charge in [0.25, 0.3) is 0 Å². The number of thiophene rings is 1. The van der Waals surface area contributed by atoms with Gasteiger partial charge in [-0.3, -0.25) is 5.84 Å². The highest BCUT2D eigenvalue weighted by atomic mass is 32.1. The van der Waals surface area contributed by atoms with E-state index in [1.165, 1.54) is 59.4 Å². The minimum absolute atomic E-state index is 0.223. The number of nitrogens with two attached hydrogens (primary N) is 1. The first-order chi connectivity index (χ1) is 8.72. The Kier molecular flexibility index (Phi) is 4.98. The number of aryl methyl sites for hydroxylation is 2. The summed E-state index contributed by atoms with van der Waals surface area (Å²) in [6, 6.07) is 2.50. The Labute approximate surface area is 114 Å². The molecule has 1 aromatic rings. The Morgan fingerprint density at radius 3 is 2.67 bits per heavy atom. The first-order valence-electron chi connectivity index (χ1n) is 6.94. The van der Waals surface area contributed by atoms with Crippen LogP contribution in [-0.2, 0) is 0 Å². The number of hydrogen-bond acceptors (Lipinski definition) is 3. The van der Waals surface area contributed by atoms with Crippen molar-refractivity contribution >= 4 is 11.3 Å². The number of rotatable bonds is 3. The molecule has 1 aliphatic rings. The Hall–Kier alpha value is -0.640. The summed E-state index contributed by atoms with van der Waals surface area (Å²) in [5.41, 5.74) is 5.88. The molecule has 1 aromatic heterocycles. The summed E-state index contributed by atoms with van der Waals surface area (Å²) in [5.74, 6) is 5.80. The average molecular weight is 264 g/mol. The fourth-order valence-corrected chi connectivity index (χ4v) is 3.74. The number of allylic oxidation sites excluding steroid dienone is 1. The van der Waals surface area contributed by atoms with Crippen molar-refractivity contribution in [3.63, 3.8) is 0 Å². The summed E-state index contributed by atoms with van der Waals surface area (Å²) in [4.78, 5) is 2.76. The molecule has 3 N–H and O–H groups in total. The molecule has 0 saturated carbocycles. The Morgan fingerprint density at radius 1 is 1.22 bits per heavy atom. The second kappa shape index (κ2) is 6.50. The van der Waals surface area contributed by atoms with E-state index in [1.807, 2.05) is 11.3 Å². The van der Waals surface area contributed by atoms with Crippen molar-refractivity contribution in [2.45, 2.75) is 58.4 Å². The van der Waals surface area contributed by atoms with Gasteiger partial charge in [-0.15, -0.1) is 11.3 Å². The summed E-state index contributed by atoms with van der Waals surface area (Å²) in [6.07, 6.45) is 10.2. The molecule has 2 nitrogen and oxygen atoms in total. The van der Waals surface area contributed by atoms with Crippen LogP contribution in [0.15, 0.2) is 17.7 Å². The van der Waals surface area contributed by atoms with Crippen LogP contribution in [0.3, 0.4) is 0 Å². The normalized spacial score (nSPS) is 21.8. The third kappa shape index (κ3) is 3.22. The molecule has 0 radical (unpaired) electrons. The summed E-state index contributed by atoms with van der Waals surface area (Å²) in [7, 11) is 0. The van der Waals surface area contributed by atoms with Crippen LogP contribution in [0.1, 0.15) is 59.9 Å². The van der Waals surface area contributed by atoms with Gasteiger partial charge >= 0.3 is 0 Å². The van der Waals surface area contributed by atoms with Gasteiger partial charge in [0.05, 0.1) is 6.04 Å². The van der Waals surface area contributed by atoms with Crippen molar-refractivity contribution in [3.8, 4) is 0 Å². The quantitative estimate of drug-likeness (QED) is 0.489. The fourth-order valence-electron chi connectivity index (χ4n) is 2.59. The standard InChI is InChI=1S/C15H24N2S/c1-11-10-14(18-12(11)2)15(17-16)13-8-6-4-3-5-7-9-13/h8,10,15,17H,3-7,9,16H2,1-2H3/b13-8+. The van der Waals surface area contributed by atoms with Crippen LogP contribution in [0.4, 0.5) is 0 Å². The number of nitrogens with one attached hydrogen (secondary N) is 1. The highest BCUT2D eigenvalue weighted by Crippen LogP contribution is 2.33. The van der Waals surface area contributed by atoms with Crippen LogP contribution in [0.5, 0.6) is 0 Å². The van der Waals surface area contributed by atoms with Crippen molar-refractivity contribution in [1.82, 2.24) is 5.43 Å². The van der Waals surface area contributed by atoms with E-state index in [0.717, 1.165) is 0 Å². The van der Waals surface area contributed by atoms with Crippen molar-refractivity contribution in [2.75, 3.05) is 0 Å². The largest absolute Gasteiger partial charge is 0.271 e. The average Bonchev–Trinajstić information content (AvgIpc) is 2.62. The predicted octanol–water partition coefficient (Wildman–Crippen LogP) is 4.15. The van der Waals surface area contributed by atoms with E-state index in [2.05, 4.69) is 31.4 Å². The molecule has 1 heterocycles. The zero-order valence-electron chi connectivity index (χ0n) is 11.5. The van der Waals surface area contributed by atoms with E-state index >= 15 is 0 Å². The van der Waals surface area contributed by atoms with Gasteiger partial charge in [-0.25, -0.2) is 5.43 Å². The highest BCUT2D eigenvalue weighted by Gasteiger charge is 2.18. The lowest BCUT2D eigenvalue weighted by molar-refractivity contribution is 0.560. The van der Waals surface area contributed by atoms with E-state index in [-0.39, 0.29) is 6.04 Å². The molecule has 0 bridgehead atoms. The molecule has 0 amide bonds. The molecule has 0 spiro atoms. The first-order valence-corrected chi connectivity index (χ1v) is 7.76. The number of hydrogen-bond donors (Lipinski definition) is 2. The van der Waals surface area contributed by atoms with Gasteiger partial charge in [0.1, 0.15) is 0 Å². The highest BCUT2D eigenvalue weighted by molar-refractivity contribution is 7.12. The van der Waals surface area contributed by atoms with Gasteiger partial charge in [-0.2, -0.15) is 0 Å². The van der Waals surface area contributed by atoms with Gasteiger partial charge in [0.15, 0.2) is 0 Å². The maximum atomic E-state index is 5.80. The molecule has 1 unspecified atom stereocenters. The summed E-state index contributed by atoms with van der Waals surface area (Å²) < 4.78 is 0. The second-order valence-electron chi connectivity index (χ2n) is 5.22. The van der Waals surface area contributed by atoms with Crippen LogP contribution in [0, 0.1) is 13.8 Å². The van der Waals surface area contributed by atoms with E-state index < -0.39 is 0 Å². The topological polar surface area (TPSA) is 38.0 Å². The van der Waals surface area contributed by atoms with Crippen LogP contribution in [0.25, 0.3) is 0 Å². The second-order valence-corrected chi connectivity index (χ2v) is 6.51. The molecule has 1 atom stereocenters. The van der Waals surface area contributed by atoms with Crippen LogP contribution in [-0.4, -0.2) is 0 Å². The van der Waals surface area contributed by atoms with Crippen LogP contribution >= 0.6 is 11.3 Å². The summed E-state index contributed by atoms with van der Waals surface area (Å²) >= 11 is 1.87. The molecular formula is C15H24N2S. The molecule has 3 heteroatoms. The summed E-state index contributed by atoms with van der Waals surface area (Å²) in [5, 5.41) is 0. The van der Waals surface area contributed by atoms with Crippen molar-refractivity contribution in [2.24, 2.45) is 5.84 Å². The third-order valence-corrected chi connectivity index (χ3v) is 5.05. The lowest BCUT2D eigenvalue weighted by atomic mass is 9.94. The lowest BCUT2D eigenvalue weighted by Crippen LogP contribution is -2.29. The van der Waals surface area contributed by atoms with Crippen LogP contribution < -0.4 is 11.3 Å². The Balaban J connectivity index is 2.20. The molecule has 18 heavy (non-hydrogen) atoms. The molecule has 0 fully saturated rings. The molecule has 0 aromatic carbocycles. The maximum Gasteiger partial charge on any atom is 0.0762 e. The van der Waals surface area contributed by atoms with E-state index in [0.29, 0.717) is 0 Å². The first kappa shape index (κ1) is 13.8. The zero-order chi connectivity index (χ0) is 13.0. The Morgan fingerprint density at radius 2 is 2.00 bits per heavy atom. The zero-order valence-corrected chi connectivity index (χ0v) is 12.3. The van der Waals surface area contributed by atoms with E-state index in [1.54, 1.807) is 0 Å². The minimum atomic E-state index is 0.223. The van der Waals surface area contributed by atoms with Crippen LogP contribution in [0.2, 0.25) is 0 Å². The van der Waals surface area contributed by atoms with Gasteiger partial charge in [0.2, 0.25) is 0 Å².